The molecule has 0 aliphatic heterocycles. The number of ketones is 2. The van der Waals surface area contributed by atoms with Gasteiger partial charge in [0.15, 0.2) is 11.6 Å². The average Bonchev–Trinajstić information content (AvgIpc) is 2.46. The Balaban J connectivity index is 2.41. The van der Waals surface area contributed by atoms with Crippen LogP contribution >= 0.6 is 11.8 Å². The number of thioether (sulfide) groups is 1. The van der Waals surface area contributed by atoms with E-state index in [0.717, 1.165) is 15.4 Å². The molecule has 1 unspecified atom stereocenters. The van der Waals surface area contributed by atoms with Crippen molar-refractivity contribution in [3.63, 3.8) is 0 Å². The van der Waals surface area contributed by atoms with Gasteiger partial charge in [0.05, 0.1) is 18.9 Å². The molecule has 124 valence electrons. The number of carbonyl (C=O) groups is 2. The molecule has 2 rings (SSSR count). The van der Waals surface area contributed by atoms with Gasteiger partial charge in [0.25, 0.3) is 0 Å². The fourth-order valence-electron chi connectivity index (χ4n) is 2.91. The number of hydrogen-bond donors (Lipinski definition) is 0. The predicted molar refractivity (Wildman–Crippen MR) is 93.7 cm³/mol. The molecule has 23 heavy (non-hydrogen) atoms. The van der Waals surface area contributed by atoms with E-state index in [4.69, 9.17) is 4.74 Å². The van der Waals surface area contributed by atoms with Crippen molar-refractivity contribution in [2.24, 2.45) is 5.92 Å². The molecule has 1 atom stereocenters. The van der Waals surface area contributed by atoms with Crippen LogP contribution in [0.15, 0.2) is 33.6 Å². The van der Waals surface area contributed by atoms with E-state index in [1.165, 1.54) is 11.1 Å². The highest BCUT2D eigenvalue weighted by Crippen LogP contribution is 2.40. The molecule has 0 spiro atoms. The first kappa shape index (κ1) is 18.0. The van der Waals surface area contributed by atoms with Gasteiger partial charge in [-0.2, -0.15) is 0 Å². The summed E-state index contributed by atoms with van der Waals surface area (Å²) in [5.41, 5.74) is 3.15. The number of carbonyl (C=O) groups excluding carboxylic acids is 2. The minimum Gasteiger partial charge on any atom is -0.381 e. The lowest BCUT2D eigenvalue weighted by atomic mass is 9.87. The molecular weight excluding hydrogens is 308 g/mol. The molecule has 0 saturated heterocycles. The van der Waals surface area contributed by atoms with Crippen LogP contribution in [0.2, 0.25) is 0 Å². The molecule has 1 aromatic rings. The van der Waals surface area contributed by atoms with Crippen LogP contribution < -0.4 is 0 Å². The van der Waals surface area contributed by atoms with E-state index in [9.17, 15) is 9.59 Å². The van der Waals surface area contributed by atoms with Crippen LogP contribution in [0.1, 0.15) is 37.8 Å². The summed E-state index contributed by atoms with van der Waals surface area (Å²) in [6.45, 7) is 8.93. The third-order valence-electron chi connectivity index (χ3n) is 3.94. The van der Waals surface area contributed by atoms with Crippen LogP contribution in [0.3, 0.4) is 0 Å². The Morgan fingerprint density at radius 2 is 1.78 bits per heavy atom. The summed E-state index contributed by atoms with van der Waals surface area (Å²) in [5, 5.41) is 0. The van der Waals surface area contributed by atoms with E-state index in [0.29, 0.717) is 19.6 Å². The normalized spacial score (nSPS) is 18.7. The maximum atomic E-state index is 12.4. The van der Waals surface area contributed by atoms with E-state index in [-0.39, 0.29) is 23.9 Å². The Morgan fingerprint density at radius 1 is 1.13 bits per heavy atom. The first-order chi connectivity index (χ1) is 11.0. The van der Waals surface area contributed by atoms with Crippen molar-refractivity contribution >= 4 is 23.3 Å². The molecule has 0 fully saturated rings. The molecule has 0 radical (unpaired) electrons. The number of benzene rings is 1. The number of hydrogen-bond acceptors (Lipinski definition) is 4. The third-order valence-corrected chi connectivity index (χ3v) is 5.16. The van der Waals surface area contributed by atoms with Gasteiger partial charge in [0, 0.05) is 22.0 Å². The van der Waals surface area contributed by atoms with E-state index in [2.05, 4.69) is 32.0 Å². The van der Waals surface area contributed by atoms with Gasteiger partial charge in [-0.05, 0) is 50.5 Å². The van der Waals surface area contributed by atoms with Crippen molar-refractivity contribution in [2.75, 3.05) is 13.2 Å². The van der Waals surface area contributed by atoms with Gasteiger partial charge in [-0.1, -0.05) is 24.8 Å². The van der Waals surface area contributed by atoms with E-state index in [1.54, 1.807) is 11.8 Å². The first-order valence-electron chi connectivity index (χ1n) is 8.09. The molecule has 4 heteroatoms. The van der Waals surface area contributed by atoms with Gasteiger partial charge < -0.3 is 4.74 Å². The standard InChI is InChI=1S/C19H24O3S/c1-5-15-17(20)10-18(21)16(11-22-6-2)19(15)23-14-8-12(3)7-13(4)9-14/h7-9,16H,5-6,10-11H2,1-4H3. The lowest BCUT2D eigenvalue weighted by Gasteiger charge is -2.26. The summed E-state index contributed by atoms with van der Waals surface area (Å²) < 4.78 is 5.51. The second-order valence-electron chi connectivity index (χ2n) is 5.90. The van der Waals surface area contributed by atoms with E-state index < -0.39 is 0 Å². The van der Waals surface area contributed by atoms with E-state index >= 15 is 0 Å². The molecule has 0 saturated carbocycles. The Labute approximate surface area is 142 Å². The van der Waals surface area contributed by atoms with Crippen molar-refractivity contribution in [1.82, 2.24) is 0 Å². The van der Waals surface area contributed by atoms with Crippen molar-refractivity contribution in [3.05, 3.63) is 39.8 Å². The van der Waals surface area contributed by atoms with Crippen LogP contribution in [0, 0.1) is 19.8 Å². The summed E-state index contributed by atoms with van der Waals surface area (Å²) in [4.78, 5) is 26.6. The number of Topliss-reactive ketones (excluding diaryl/α,β-unsaturated/α-hetero) is 2. The molecule has 3 nitrogen and oxygen atoms in total. The van der Waals surface area contributed by atoms with Crippen molar-refractivity contribution < 1.29 is 14.3 Å². The number of ether oxygens (including phenoxy) is 1. The van der Waals surface area contributed by atoms with Crippen molar-refractivity contribution in [2.45, 2.75) is 45.4 Å². The zero-order valence-corrected chi connectivity index (χ0v) is 15.1. The van der Waals surface area contributed by atoms with Gasteiger partial charge in [-0.15, -0.1) is 0 Å². The zero-order valence-electron chi connectivity index (χ0n) is 14.3. The van der Waals surface area contributed by atoms with Crippen LogP contribution in [-0.4, -0.2) is 24.8 Å². The van der Waals surface area contributed by atoms with Crippen molar-refractivity contribution in [1.29, 1.82) is 0 Å². The quantitative estimate of drug-likeness (QED) is 0.730. The molecule has 0 heterocycles. The summed E-state index contributed by atoms with van der Waals surface area (Å²) in [5.74, 6) is -0.363. The molecule has 0 aromatic heterocycles. The number of allylic oxidation sites excluding steroid dienone is 1. The minimum atomic E-state index is -0.312. The molecule has 1 aliphatic rings. The van der Waals surface area contributed by atoms with Gasteiger partial charge in [-0.25, -0.2) is 0 Å². The summed E-state index contributed by atoms with van der Waals surface area (Å²) >= 11 is 1.55. The average molecular weight is 332 g/mol. The van der Waals surface area contributed by atoms with Crippen LogP contribution in [0.25, 0.3) is 0 Å². The smallest absolute Gasteiger partial charge is 0.167 e. The maximum absolute atomic E-state index is 12.4. The summed E-state index contributed by atoms with van der Waals surface area (Å²) in [6, 6.07) is 6.31. The molecule has 0 N–H and O–H groups in total. The van der Waals surface area contributed by atoms with Gasteiger partial charge >= 0.3 is 0 Å². The second kappa shape index (κ2) is 7.93. The minimum absolute atomic E-state index is 0.0117. The van der Waals surface area contributed by atoms with Gasteiger partial charge in [0.1, 0.15) is 0 Å². The summed E-state index contributed by atoms with van der Waals surface area (Å²) in [6.07, 6.45) is 0.666. The SMILES string of the molecule is CCOCC1C(=O)CC(=O)C(CC)=C1Sc1cc(C)cc(C)c1. The molecule has 0 amide bonds. The fourth-order valence-corrected chi connectivity index (χ4v) is 4.38. The van der Waals surface area contributed by atoms with Crippen LogP contribution in [0.5, 0.6) is 0 Å². The lowest BCUT2D eigenvalue weighted by molar-refractivity contribution is -0.129. The predicted octanol–water partition coefficient (Wildman–Crippen LogP) is 4.25. The molecular formula is C19H24O3S. The monoisotopic (exact) mass is 332 g/mol. The highest BCUT2D eigenvalue weighted by atomic mass is 32.2. The Hall–Kier alpha value is -1.39. The zero-order chi connectivity index (χ0) is 17.0. The van der Waals surface area contributed by atoms with Gasteiger partial charge in [-0.3, -0.25) is 9.59 Å². The Bertz CT molecular complexity index is 626. The summed E-state index contributed by atoms with van der Waals surface area (Å²) in [7, 11) is 0. The first-order valence-corrected chi connectivity index (χ1v) is 8.90. The van der Waals surface area contributed by atoms with Crippen molar-refractivity contribution in [3.8, 4) is 0 Å². The Kier molecular flexibility index (Phi) is 6.19. The topological polar surface area (TPSA) is 43.4 Å². The number of rotatable bonds is 6. The largest absolute Gasteiger partial charge is 0.381 e. The molecule has 0 bridgehead atoms. The second-order valence-corrected chi connectivity index (χ2v) is 7.02. The number of aryl methyl sites for hydroxylation is 2. The van der Waals surface area contributed by atoms with Gasteiger partial charge in [0.2, 0.25) is 0 Å². The fraction of sp³-hybridized carbons (Fsp3) is 0.474. The molecule has 1 aliphatic carbocycles. The highest BCUT2D eigenvalue weighted by molar-refractivity contribution is 8.03. The third kappa shape index (κ3) is 4.33. The lowest BCUT2D eigenvalue weighted by Crippen LogP contribution is -2.30. The maximum Gasteiger partial charge on any atom is 0.167 e. The van der Waals surface area contributed by atoms with E-state index in [1.807, 2.05) is 13.8 Å². The Morgan fingerprint density at radius 3 is 2.35 bits per heavy atom. The molecule has 1 aromatic carbocycles. The van der Waals surface area contributed by atoms with Crippen LogP contribution in [0.4, 0.5) is 0 Å². The van der Waals surface area contributed by atoms with Crippen LogP contribution in [-0.2, 0) is 14.3 Å². The highest BCUT2D eigenvalue weighted by Gasteiger charge is 2.34.